The van der Waals surface area contributed by atoms with Gasteiger partial charge in [0.1, 0.15) is 12.6 Å². The van der Waals surface area contributed by atoms with E-state index in [9.17, 15) is 18.0 Å². The molecule has 7 nitrogen and oxygen atoms in total. The molecule has 0 saturated carbocycles. The van der Waals surface area contributed by atoms with Crippen LogP contribution in [0.3, 0.4) is 0 Å². The smallest absolute Gasteiger partial charge is 0.244 e. The Hall–Kier alpha value is -2.29. The molecule has 0 heterocycles. The zero-order valence-corrected chi connectivity index (χ0v) is 20.8. The highest BCUT2D eigenvalue weighted by Crippen LogP contribution is 2.26. The summed E-state index contributed by atoms with van der Waals surface area (Å²) in [4.78, 5) is 27.2. The van der Waals surface area contributed by atoms with Gasteiger partial charge >= 0.3 is 0 Å². The number of likely N-dealkylation sites (N-methyl/N-ethyl adjacent to an activating group) is 1. The number of halogens is 2. The number of amides is 2. The summed E-state index contributed by atoms with van der Waals surface area (Å²) in [6, 6.07) is 10.9. The summed E-state index contributed by atoms with van der Waals surface area (Å²) in [7, 11) is -3.81. The third-order valence-corrected chi connectivity index (χ3v) is 6.86. The predicted molar refractivity (Wildman–Crippen MR) is 129 cm³/mol. The Morgan fingerprint density at radius 1 is 1.09 bits per heavy atom. The SMILES string of the molecule is CCNC(=O)[C@@H](C)N(Cc1ccccc1Cl)C(=O)CN(c1ccc(C)c(Cl)c1)S(C)(=O)=O. The number of carbonyl (C=O) groups is 2. The first-order valence-corrected chi connectivity index (χ1v) is 12.6. The van der Waals surface area contributed by atoms with Gasteiger partial charge in [0.25, 0.3) is 0 Å². The van der Waals surface area contributed by atoms with Crippen LogP contribution in [-0.4, -0.2) is 50.5 Å². The largest absolute Gasteiger partial charge is 0.355 e. The second-order valence-electron chi connectivity index (χ2n) is 7.39. The maximum atomic E-state index is 13.4. The van der Waals surface area contributed by atoms with Crippen LogP contribution in [-0.2, 0) is 26.2 Å². The minimum Gasteiger partial charge on any atom is -0.355 e. The van der Waals surface area contributed by atoms with E-state index in [2.05, 4.69) is 5.32 Å². The number of sulfonamides is 1. The zero-order chi connectivity index (χ0) is 24.1. The van der Waals surface area contributed by atoms with Crippen LogP contribution in [0.4, 0.5) is 5.69 Å². The molecule has 0 saturated heterocycles. The van der Waals surface area contributed by atoms with Crippen molar-refractivity contribution in [3.05, 3.63) is 63.6 Å². The number of hydrogen-bond acceptors (Lipinski definition) is 4. The number of rotatable bonds is 9. The van der Waals surface area contributed by atoms with Crippen molar-refractivity contribution in [2.45, 2.75) is 33.4 Å². The van der Waals surface area contributed by atoms with Gasteiger partial charge in [0.15, 0.2) is 0 Å². The Balaban J connectivity index is 2.42. The molecule has 0 aliphatic heterocycles. The molecule has 1 atom stereocenters. The van der Waals surface area contributed by atoms with Gasteiger partial charge in [-0.05, 0) is 50.1 Å². The third-order valence-electron chi connectivity index (χ3n) is 4.94. The minimum absolute atomic E-state index is 0.0447. The van der Waals surface area contributed by atoms with Gasteiger partial charge in [0.2, 0.25) is 21.8 Å². The maximum absolute atomic E-state index is 13.4. The van der Waals surface area contributed by atoms with Crippen LogP contribution in [0.25, 0.3) is 0 Å². The first-order valence-electron chi connectivity index (χ1n) is 10.00. The van der Waals surface area contributed by atoms with E-state index < -0.39 is 28.5 Å². The molecule has 0 aromatic heterocycles. The molecule has 0 aliphatic carbocycles. The van der Waals surface area contributed by atoms with Crippen LogP contribution < -0.4 is 9.62 Å². The van der Waals surface area contributed by atoms with Crippen molar-refractivity contribution in [2.75, 3.05) is 23.7 Å². The van der Waals surface area contributed by atoms with E-state index in [0.29, 0.717) is 22.2 Å². The molecule has 0 radical (unpaired) electrons. The molecule has 0 bridgehead atoms. The zero-order valence-electron chi connectivity index (χ0n) is 18.4. The molecule has 2 aromatic carbocycles. The molecular formula is C22H27Cl2N3O4S. The Bertz CT molecular complexity index is 1090. The molecule has 0 aliphatic rings. The highest BCUT2D eigenvalue weighted by molar-refractivity contribution is 7.92. The number of anilines is 1. The average Bonchev–Trinajstić information content (AvgIpc) is 2.72. The number of benzene rings is 2. The van der Waals surface area contributed by atoms with Gasteiger partial charge in [-0.25, -0.2) is 8.42 Å². The van der Waals surface area contributed by atoms with Crippen LogP contribution in [0.2, 0.25) is 10.0 Å². The van der Waals surface area contributed by atoms with Crippen molar-refractivity contribution in [3.63, 3.8) is 0 Å². The number of nitrogens with one attached hydrogen (secondary N) is 1. The minimum atomic E-state index is -3.81. The van der Waals surface area contributed by atoms with Crippen LogP contribution in [0.1, 0.15) is 25.0 Å². The molecular weight excluding hydrogens is 473 g/mol. The number of aryl methyl sites for hydroxylation is 1. The summed E-state index contributed by atoms with van der Waals surface area (Å²) < 4.78 is 26.0. The summed E-state index contributed by atoms with van der Waals surface area (Å²) >= 11 is 12.4. The Morgan fingerprint density at radius 3 is 2.31 bits per heavy atom. The highest BCUT2D eigenvalue weighted by Gasteiger charge is 2.30. The van der Waals surface area contributed by atoms with Crippen molar-refractivity contribution < 1.29 is 18.0 Å². The van der Waals surface area contributed by atoms with Gasteiger partial charge in [-0.2, -0.15) is 0 Å². The molecule has 2 amide bonds. The van der Waals surface area contributed by atoms with Crippen molar-refractivity contribution in [3.8, 4) is 0 Å². The van der Waals surface area contributed by atoms with Gasteiger partial charge in [-0.3, -0.25) is 13.9 Å². The third kappa shape index (κ3) is 6.60. The summed E-state index contributed by atoms with van der Waals surface area (Å²) in [6.45, 7) is 5.11. The number of nitrogens with zero attached hydrogens (tertiary/aromatic N) is 2. The molecule has 1 N–H and O–H groups in total. The monoisotopic (exact) mass is 499 g/mol. The molecule has 0 fully saturated rings. The van der Waals surface area contributed by atoms with Gasteiger partial charge in [-0.15, -0.1) is 0 Å². The van der Waals surface area contributed by atoms with E-state index in [0.717, 1.165) is 16.1 Å². The number of hydrogen-bond donors (Lipinski definition) is 1. The summed E-state index contributed by atoms with van der Waals surface area (Å²) in [6.07, 6.45) is 1.01. The van der Waals surface area contributed by atoms with Gasteiger partial charge in [-0.1, -0.05) is 47.5 Å². The Kier molecular flexibility index (Phi) is 8.95. The fraction of sp³-hybridized carbons (Fsp3) is 0.364. The van der Waals surface area contributed by atoms with E-state index in [1.807, 2.05) is 0 Å². The topological polar surface area (TPSA) is 86.8 Å². The van der Waals surface area contributed by atoms with Crippen molar-refractivity contribution in [1.82, 2.24) is 10.2 Å². The fourth-order valence-corrected chi connectivity index (χ4v) is 4.28. The molecule has 32 heavy (non-hydrogen) atoms. The van der Waals surface area contributed by atoms with Gasteiger partial charge in [0.05, 0.1) is 11.9 Å². The molecule has 0 spiro atoms. The first-order chi connectivity index (χ1) is 15.0. The molecule has 174 valence electrons. The quantitative estimate of drug-likeness (QED) is 0.570. The van der Waals surface area contributed by atoms with E-state index in [-0.39, 0.29) is 18.1 Å². The lowest BCUT2D eigenvalue weighted by Gasteiger charge is -2.31. The van der Waals surface area contributed by atoms with Crippen molar-refractivity contribution in [2.24, 2.45) is 0 Å². The lowest BCUT2D eigenvalue weighted by atomic mass is 10.1. The van der Waals surface area contributed by atoms with Gasteiger partial charge < -0.3 is 10.2 Å². The fourth-order valence-electron chi connectivity index (χ4n) is 3.07. The summed E-state index contributed by atoms with van der Waals surface area (Å²) in [5.41, 5.74) is 1.68. The second-order valence-corrected chi connectivity index (χ2v) is 10.1. The standard InChI is InChI=1S/C22H27Cl2N3O4S/c1-5-25-22(29)16(3)26(13-17-8-6-7-9-19(17)23)21(28)14-27(32(4,30)31)18-11-10-15(2)20(24)12-18/h6-12,16H,5,13-14H2,1-4H3,(H,25,29)/t16-/m1/s1. The van der Waals surface area contributed by atoms with Gasteiger partial charge in [0, 0.05) is 23.1 Å². The van der Waals surface area contributed by atoms with Crippen molar-refractivity contribution in [1.29, 1.82) is 0 Å². The summed E-state index contributed by atoms with van der Waals surface area (Å²) in [5, 5.41) is 3.52. The average molecular weight is 500 g/mol. The molecule has 2 aromatic rings. The summed E-state index contributed by atoms with van der Waals surface area (Å²) in [5.74, 6) is -0.900. The normalized spacial score (nSPS) is 12.2. The van der Waals surface area contributed by atoms with E-state index >= 15 is 0 Å². The van der Waals surface area contributed by atoms with E-state index in [1.165, 1.54) is 11.0 Å². The highest BCUT2D eigenvalue weighted by atomic mass is 35.5. The lowest BCUT2D eigenvalue weighted by Crippen LogP contribution is -2.51. The maximum Gasteiger partial charge on any atom is 0.244 e. The van der Waals surface area contributed by atoms with Crippen LogP contribution in [0.5, 0.6) is 0 Å². The first kappa shape index (κ1) is 26.0. The molecule has 0 unspecified atom stereocenters. The van der Waals surface area contributed by atoms with Crippen LogP contribution in [0, 0.1) is 6.92 Å². The van der Waals surface area contributed by atoms with Crippen LogP contribution >= 0.6 is 23.2 Å². The van der Waals surface area contributed by atoms with E-state index in [4.69, 9.17) is 23.2 Å². The lowest BCUT2D eigenvalue weighted by molar-refractivity contribution is -0.139. The molecule has 2 rings (SSSR count). The Labute approximate surface area is 199 Å². The van der Waals surface area contributed by atoms with E-state index in [1.54, 1.807) is 57.2 Å². The predicted octanol–water partition coefficient (Wildman–Crippen LogP) is 3.62. The number of carbonyl (C=O) groups excluding carboxylic acids is 2. The van der Waals surface area contributed by atoms with Crippen LogP contribution in [0.15, 0.2) is 42.5 Å². The second kappa shape index (κ2) is 11.0. The Morgan fingerprint density at radius 2 is 1.75 bits per heavy atom. The molecule has 10 heteroatoms. The van der Waals surface area contributed by atoms with Crippen molar-refractivity contribution >= 4 is 50.7 Å².